The summed E-state index contributed by atoms with van der Waals surface area (Å²) in [5.74, 6) is 0. The molecule has 284 valence electrons. The Morgan fingerprint density at radius 1 is 0.328 bits per heavy atom. The van der Waals surface area contributed by atoms with Crippen LogP contribution in [0, 0.1) is 0 Å². The number of anilines is 3. The van der Waals surface area contributed by atoms with E-state index < -0.39 is 5.41 Å². The summed E-state index contributed by atoms with van der Waals surface area (Å²) in [6.07, 6.45) is 0. The first-order valence-corrected chi connectivity index (χ1v) is 21.2. The van der Waals surface area contributed by atoms with Crippen molar-refractivity contribution in [1.82, 2.24) is 4.57 Å². The van der Waals surface area contributed by atoms with Crippen LogP contribution in [0.3, 0.4) is 0 Å². The highest BCUT2D eigenvalue weighted by atomic mass is 15.2. The summed E-state index contributed by atoms with van der Waals surface area (Å²) in [4.78, 5) is 2.58. The van der Waals surface area contributed by atoms with Gasteiger partial charge in [-0.25, -0.2) is 0 Å². The number of fused-ring (bicyclic) bond motifs is 15. The standard InChI is InChI=1S/C59H38N2/c1-3-20-39(21-4-1)41-24-12-17-34-52(41)61(55-37-19-36-54-58(55)47-30-13-18-35-53(47)60(54)40-22-5-2-6-23-40)56-38-51-57(45-28-8-7-27-44(45)56)46-29-11-16-33-50(46)59(51)48-31-14-9-25-42(48)43-26-10-15-32-49(43)59/h1-38H. The molecule has 0 amide bonds. The van der Waals surface area contributed by atoms with Crippen molar-refractivity contribution in [1.29, 1.82) is 0 Å². The normalized spacial score (nSPS) is 13.0. The van der Waals surface area contributed by atoms with Crippen LogP contribution in [0.1, 0.15) is 22.3 Å². The molecule has 1 aromatic heterocycles. The van der Waals surface area contributed by atoms with E-state index in [1.165, 1.54) is 88.2 Å². The fourth-order valence-electron chi connectivity index (χ4n) is 11.1. The van der Waals surface area contributed by atoms with Gasteiger partial charge in [-0.05, 0) is 97.9 Å². The van der Waals surface area contributed by atoms with Crippen molar-refractivity contribution in [2.75, 3.05) is 4.90 Å². The van der Waals surface area contributed by atoms with Crippen LogP contribution in [0.4, 0.5) is 17.1 Å². The molecule has 0 atom stereocenters. The van der Waals surface area contributed by atoms with Crippen LogP contribution in [0.2, 0.25) is 0 Å². The molecule has 0 bridgehead atoms. The Hall–Kier alpha value is -7.94. The maximum absolute atomic E-state index is 2.58. The molecule has 0 unspecified atom stereocenters. The lowest BCUT2D eigenvalue weighted by Gasteiger charge is -2.34. The van der Waals surface area contributed by atoms with Gasteiger partial charge in [0.2, 0.25) is 0 Å². The maximum atomic E-state index is 2.58. The van der Waals surface area contributed by atoms with E-state index in [2.05, 4.69) is 240 Å². The molecule has 2 nitrogen and oxygen atoms in total. The van der Waals surface area contributed by atoms with Gasteiger partial charge in [-0.3, -0.25) is 0 Å². The van der Waals surface area contributed by atoms with Gasteiger partial charge < -0.3 is 9.47 Å². The Kier molecular flexibility index (Phi) is 7.26. The van der Waals surface area contributed by atoms with Gasteiger partial charge in [0.05, 0.1) is 33.5 Å². The summed E-state index contributed by atoms with van der Waals surface area (Å²) in [5, 5.41) is 4.89. The predicted octanol–water partition coefficient (Wildman–Crippen LogP) is 15.4. The summed E-state index contributed by atoms with van der Waals surface area (Å²) in [6, 6.07) is 85.4. The predicted molar refractivity (Wildman–Crippen MR) is 255 cm³/mol. The van der Waals surface area contributed by atoms with Gasteiger partial charge >= 0.3 is 0 Å². The topological polar surface area (TPSA) is 8.17 Å². The van der Waals surface area contributed by atoms with Crippen molar-refractivity contribution in [3.63, 3.8) is 0 Å². The molecule has 0 fully saturated rings. The van der Waals surface area contributed by atoms with E-state index in [0.717, 1.165) is 22.7 Å². The van der Waals surface area contributed by atoms with Gasteiger partial charge in [-0.2, -0.15) is 0 Å². The van der Waals surface area contributed by atoms with Gasteiger partial charge in [-0.15, -0.1) is 0 Å². The first-order valence-electron chi connectivity index (χ1n) is 21.2. The number of hydrogen-bond acceptors (Lipinski definition) is 1. The van der Waals surface area contributed by atoms with Crippen molar-refractivity contribution >= 4 is 49.6 Å². The zero-order valence-electron chi connectivity index (χ0n) is 33.3. The molecule has 2 heteroatoms. The first kappa shape index (κ1) is 34.0. The fourth-order valence-corrected chi connectivity index (χ4v) is 11.1. The monoisotopic (exact) mass is 774 g/mol. The summed E-state index contributed by atoms with van der Waals surface area (Å²) in [7, 11) is 0. The number of hydrogen-bond donors (Lipinski definition) is 0. The molecule has 10 aromatic carbocycles. The molecule has 0 aliphatic heterocycles. The van der Waals surface area contributed by atoms with Crippen LogP contribution in [0.25, 0.3) is 71.6 Å². The van der Waals surface area contributed by atoms with E-state index in [9.17, 15) is 0 Å². The second kappa shape index (κ2) is 13.0. The third-order valence-electron chi connectivity index (χ3n) is 13.4. The lowest BCUT2D eigenvalue weighted by atomic mass is 9.70. The summed E-state index contributed by atoms with van der Waals surface area (Å²) in [5.41, 5.74) is 19.3. The van der Waals surface area contributed by atoms with Crippen LogP contribution in [-0.2, 0) is 5.41 Å². The maximum Gasteiger partial charge on any atom is 0.0726 e. The minimum absolute atomic E-state index is 0.502. The largest absolute Gasteiger partial charge is 0.309 e. The average Bonchev–Trinajstić information content (AvgIpc) is 3.95. The Morgan fingerprint density at radius 2 is 0.836 bits per heavy atom. The van der Waals surface area contributed by atoms with Gasteiger partial charge in [0.1, 0.15) is 0 Å². The number of para-hydroxylation sites is 3. The smallest absolute Gasteiger partial charge is 0.0726 e. The molecule has 11 aromatic rings. The molecule has 13 rings (SSSR count). The molecule has 0 saturated carbocycles. The third kappa shape index (κ3) is 4.62. The Labute approximate surface area is 354 Å². The molecule has 0 radical (unpaired) electrons. The van der Waals surface area contributed by atoms with Crippen molar-refractivity contribution in [2.45, 2.75) is 5.41 Å². The summed E-state index contributed by atoms with van der Waals surface area (Å²) >= 11 is 0. The zero-order valence-corrected chi connectivity index (χ0v) is 33.3. The highest BCUT2D eigenvalue weighted by Gasteiger charge is 2.52. The van der Waals surface area contributed by atoms with Gasteiger partial charge in [0.25, 0.3) is 0 Å². The molecule has 2 aliphatic rings. The molecular formula is C59H38N2. The minimum atomic E-state index is -0.502. The lowest BCUT2D eigenvalue weighted by molar-refractivity contribution is 0.794. The zero-order chi connectivity index (χ0) is 40.1. The fraction of sp³-hybridized carbons (Fsp3) is 0.0169. The molecule has 1 spiro atoms. The highest BCUT2D eigenvalue weighted by molar-refractivity contribution is 6.19. The average molecular weight is 775 g/mol. The molecule has 2 aliphatic carbocycles. The highest BCUT2D eigenvalue weighted by Crippen LogP contribution is 2.65. The van der Waals surface area contributed by atoms with Gasteiger partial charge in [0, 0.05) is 27.4 Å². The number of benzene rings is 10. The van der Waals surface area contributed by atoms with Crippen LogP contribution >= 0.6 is 0 Å². The number of nitrogens with zero attached hydrogens (tertiary/aromatic N) is 2. The SMILES string of the molecule is c1ccc(-c2ccccc2N(c2cc3c(c4ccccc24)-c2ccccc2C32c3ccccc3-c3ccccc32)c2cccc3c2c2ccccc2n3-c2ccccc2)cc1. The lowest BCUT2D eigenvalue weighted by Crippen LogP contribution is -2.26. The molecular weight excluding hydrogens is 737 g/mol. The first-order chi connectivity index (χ1) is 30.3. The van der Waals surface area contributed by atoms with Gasteiger partial charge in [-0.1, -0.05) is 188 Å². The summed E-state index contributed by atoms with van der Waals surface area (Å²) in [6.45, 7) is 0. The molecule has 0 saturated heterocycles. The third-order valence-corrected chi connectivity index (χ3v) is 13.4. The van der Waals surface area contributed by atoms with Crippen molar-refractivity contribution in [3.05, 3.63) is 253 Å². The molecule has 0 N–H and O–H groups in total. The second-order valence-corrected chi connectivity index (χ2v) is 16.3. The van der Waals surface area contributed by atoms with Crippen LogP contribution < -0.4 is 4.90 Å². The second-order valence-electron chi connectivity index (χ2n) is 16.3. The quantitative estimate of drug-likeness (QED) is 0.169. The molecule has 61 heavy (non-hydrogen) atoms. The van der Waals surface area contributed by atoms with E-state index in [4.69, 9.17) is 0 Å². The van der Waals surface area contributed by atoms with E-state index in [1.807, 2.05) is 0 Å². The van der Waals surface area contributed by atoms with Crippen LogP contribution in [0.5, 0.6) is 0 Å². The van der Waals surface area contributed by atoms with E-state index in [1.54, 1.807) is 0 Å². The van der Waals surface area contributed by atoms with E-state index >= 15 is 0 Å². The van der Waals surface area contributed by atoms with Crippen molar-refractivity contribution in [3.8, 4) is 39.1 Å². The Morgan fingerprint density at radius 3 is 1.56 bits per heavy atom. The van der Waals surface area contributed by atoms with Gasteiger partial charge in [0.15, 0.2) is 0 Å². The molecule has 1 heterocycles. The number of rotatable bonds is 5. The minimum Gasteiger partial charge on any atom is -0.309 e. The van der Waals surface area contributed by atoms with Crippen molar-refractivity contribution < 1.29 is 0 Å². The Bertz CT molecular complexity index is 3500. The summed E-state index contributed by atoms with van der Waals surface area (Å²) < 4.78 is 2.42. The van der Waals surface area contributed by atoms with Crippen LogP contribution in [0.15, 0.2) is 231 Å². The van der Waals surface area contributed by atoms with Crippen molar-refractivity contribution in [2.24, 2.45) is 0 Å². The van der Waals surface area contributed by atoms with E-state index in [0.29, 0.717) is 0 Å². The number of aromatic nitrogens is 1. The van der Waals surface area contributed by atoms with Crippen LogP contribution in [-0.4, -0.2) is 4.57 Å². The van der Waals surface area contributed by atoms with E-state index in [-0.39, 0.29) is 0 Å². The Balaban J connectivity index is 1.21.